The Morgan fingerprint density at radius 3 is 2.58 bits per heavy atom. The lowest BCUT2D eigenvalue weighted by molar-refractivity contribution is -0.137. The van der Waals surface area contributed by atoms with E-state index in [0.29, 0.717) is 10.0 Å². The van der Waals surface area contributed by atoms with Gasteiger partial charge in [0.1, 0.15) is 17.4 Å². The average Bonchev–Trinajstić information content (AvgIpc) is 2.73. The number of benzene rings is 2. The summed E-state index contributed by atoms with van der Waals surface area (Å²) in [5, 5.41) is 13.1. The van der Waals surface area contributed by atoms with Gasteiger partial charge in [-0.15, -0.1) is 0 Å². The lowest BCUT2D eigenvalue weighted by Gasteiger charge is -2.14. The highest BCUT2D eigenvalue weighted by atomic mass is 79.9. The average molecular weight is 492 g/mol. The first-order chi connectivity index (χ1) is 14.8. The Labute approximate surface area is 182 Å². The third-order valence-electron chi connectivity index (χ3n) is 4.10. The van der Waals surface area contributed by atoms with Crippen LogP contribution >= 0.6 is 15.9 Å². The molecule has 0 aliphatic rings. The largest absolute Gasteiger partial charge is 0.495 e. The highest BCUT2D eigenvalue weighted by Crippen LogP contribution is 2.38. The van der Waals surface area contributed by atoms with Crippen LogP contribution in [0.5, 0.6) is 5.75 Å². The van der Waals surface area contributed by atoms with E-state index in [1.54, 1.807) is 36.4 Å². The molecular weight excluding hydrogens is 479 g/mol. The lowest BCUT2D eigenvalue weighted by atomic mass is 10.1. The molecule has 1 aromatic heterocycles. The fourth-order valence-electron chi connectivity index (χ4n) is 2.75. The molecule has 0 aliphatic carbocycles. The molecule has 0 amide bonds. The minimum atomic E-state index is -4.64. The van der Waals surface area contributed by atoms with E-state index in [0.717, 1.165) is 12.3 Å². The predicted octanol–water partition coefficient (Wildman–Crippen LogP) is 4.54. The third kappa shape index (κ3) is 4.75. The van der Waals surface area contributed by atoms with E-state index in [4.69, 9.17) is 4.74 Å². The van der Waals surface area contributed by atoms with Gasteiger partial charge in [0, 0.05) is 11.1 Å². The van der Waals surface area contributed by atoms with Gasteiger partial charge in [-0.2, -0.15) is 23.5 Å². The van der Waals surface area contributed by atoms with E-state index in [2.05, 4.69) is 36.4 Å². The molecule has 11 heteroatoms. The molecule has 0 unspecified atom stereocenters. The minimum absolute atomic E-state index is 0.0633. The summed E-state index contributed by atoms with van der Waals surface area (Å²) in [5.74, 6) is -0.215. The van der Waals surface area contributed by atoms with Crippen molar-refractivity contribution in [3.05, 3.63) is 74.0 Å². The first-order valence-corrected chi connectivity index (χ1v) is 9.38. The molecule has 7 nitrogen and oxygen atoms in total. The molecule has 0 saturated carbocycles. The molecular formula is C20H13BrF3N5O2. The molecule has 0 saturated heterocycles. The minimum Gasteiger partial charge on any atom is -0.495 e. The molecule has 1 heterocycles. The van der Waals surface area contributed by atoms with Crippen LogP contribution in [0.4, 0.5) is 19.1 Å². The SMILES string of the molecule is COc1c(Br)ccc(C(F)(F)F)c1C=NNc1nc(-c2ccccc2)c(C#N)c(=O)[nH]1. The molecule has 0 aliphatic heterocycles. The molecule has 2 aromatic carbocycles. The summed E-state index contributed by atoms with van der Waals surface area (Å²) in [6, 6.07) is 12.4. The first-order valence-electron chi connectivity index (χ1n) is 8.59. The molecule has 0 fully saturated rings. The van der Waals surface area contributed by atoms with Crippen LogP contribution in [-0.4, -0.2) is 23.3 Å². The number of hydrogen-bond acceptors (Lipinski definition) is 6. The number of nitriles is 1. The zero-order valence-electron chi connectivity index (χ0n) is 15.8. The monoisotopic (exact) mass is 491 g/mol. The van der Waals surface area contributed by atoms with Crippen molar-refractivity contribution in [1.29, 1.82) is 5.26 Å². The van der Waals surface area contributed by atoms with Crippen molar-refractivity contribution in [3.8, 4) is 23.1 Å². The van der Waals surface area contributed by atoms with Gasteiger partial charge in [-0.3, -0.25) is 9.78 Å². The van der Waals surface area contributed by atoms with E-state index in [1.165, 1.54) is 13.2 Å². The molecule has 0 radical (unpaired) electrons. The topological polar surface area (TPSA) is 103 Å². The predicted molar refractivity (Wildman–Crippen MR) is 112 cm³/mol. The maximum Gasteiger partial charge on any atom is 0.417 e. The summed E-state index contributed by atoms with van der Waals surface area (Å²) in [5.41, 5.74) is 0.835. The molecule has 31 heavy (non-hydrogen) atoms. The second kappa shape index (κ2) is 9.01. The Kier molecular flexibility index (Phi) is 6.41. The van der Waals surface area contributed by atoms with Crippen molar-refractivity contribution < 1.29 is 17.9 Å². The van der Waals surface area contributed by atoms with E-state index >= 15 is 0 Å². The van der Waals surface area contributed by atoms with E-state index in [9.17, 15) is 23.2 Å². The smallest absolute Gasteiger partial charge is 0.417 e. The number of nitrogens with zero attached hydrogens (tertiary/aromatic N) is 3. The molecule has 2 N–H and O–H groups in total. The number of alkyl halides is 3. The van der Waals surface area contributed by atoms with Crippen LogP contribution < -0.4 is 15.7 Å². The van der Waals surface area contributed by atoms with Crippen LogP contribution in [0.25, 0.3) is 11.3 Å². The maximum atomic E-state index is 13.4. The molecule has 3 rings (SSSR count). The number of rotatable bonds is 5. The number of nitrogens with one attached hydrogen (secondary N) is 2. The zero-order chi connectivity index (χ0) is 22.6. The Morgan fingerprint density at radius 2 is 1.97 bits per heavy atom. The van der Waals surface area contributed by atoms with Crippen LogP contribution in [0.2, 0.25) is 0 Å². The van der Waals surface area contributed by atoms with Crippen molar-refractivity contribution in [2.45, 2.75) is 6.18 Å². The van der Waals surface area contributed by atoms with Crippen LogP contribution in [0.1, 0.15) is 16.7 Å². The standard InChI is InChI=1S/C20H13BrF3N5O2/c1-31-17-13(14(20(22,23)24)7-8-15(17)21)10-26-29-19-27-16(11-5-3-2-4-6-11)12(9-25)18(30)28-19/h2-8,10H,1H3,(H2,27,28,29,30). The normalized spacial score (nSPS) is 11.4. The van der Waals surface area contributed by atoms with Crippen molar-refractivity contribution in [3.63, 3.8) is 0 Å². The van der Waals surface area contributed by atoms with Gasteiger partial charge in [0.2, 0.25) is 5.95 Å². The van der Waals surface area contributed by atoms with Gasteiger partial charge in [0.05, 0.1) is 29.1 Å². The van der Waals surface area contributed by atoms with Crippen molar-refractivity contribution in [2.75, 3.05) is 12.5 Å². The summed E-state index contributed by atoms with van der Waals surface area (Å²) in [6.07, 6.45) is -3.73. The maximum absolute atomic E-state index is 13.4. The van der Waals surface area contributed by atoms with E-state index in [-0.39, 0.29) is 28.5 Å². The van der Waals surface area contributed by atoms with Gasteiger partial charge in [-0.1, -0.05) is 30.3 Å². The van der Waals surface area contributed by atoms with Crippen molar-refractivity contribution in [2.24, 2.45) is 5.10 Å². The van der Waals surface area contributed by atoms with Gasteiger partial charge in [-0.05, 0) is 28.1 Å². The molecule has 0 spiro atoms. The van der Waals surface area contributed by atoms with E-state index in [1.807, 2.05) is 0 Å². The number of methoxy groups -OCH3 is 1. The zero-order valence-corrected chi connectivity index (χ0v) is 17.4. The summed E-state index contributed by atoms with van der Waals surface area (Å²) in [6.45, 7) is 0. The lowest BCUT2D eigenvalue weighted by Crippen LogP contribution is -2.16. The Morgan fingerprint density at radius 1 is 1.26 bits per heavy atom. The second-order valence-corrected chi connectivity index (χ2v) is 6.88. The molecule has 3 aromatic rings. The molecule has 0 bridgehead atoms. The van der Waals surface area contributed by atoms with Gasteiger partial charge >= 0.3 is 6.18 Å². The van der Waals surface area contributed by atoms with Crippen LogP contribution in [-0.2, 0) is 6.18 Å². The van der Waals surface area contributed by atoms with Gasteiger partial charge in [-0.25, -0.2) is 10.4 Å². The van der Waals surface area contributed by atoms with Crippen molar-refractivity contribution >= 4 is 28.1 Å². The van der Waals surface area contributed by atoms with Crippen LogP contribution in [0.15, 0.2) is 56.8 Å². The second-order valence-electron chi connectivity index (χ2n) is 6.03. The van der Waals surface area contributed by atoms with E-state index < -0.39 is 17.3 Å². The number of ether oxygens (including phenoxy) is 1. The van der Waals surface area contributed by atoms with Gasteiger partial charge in [0.15, 0.2) is 0 Å². The van der Waals surface area contributed by atoms with Crippen LogP contribution in [0, 0.1) is 11.3 Å². The molecule has 0 atom stereocenters. The Hall–Kier alpha value is -3.65. The fraction of sp³-hybridized carbons (Fsp3) is 0.100. The van der Waals surface area contributed by atoms with Crippen LogP contribution in [0.3, 0.4) is 0 Å². The van der Waals surface area contributed by atoms with Crippen molar-refractivity contribution in [1.82, 2.24) is 9.97 Å². The highest BCUT2D eigenvalue weighted by molar-refractivity contribution is 9.10. The Balaban J connectivity index is 2.01. The fourth-order valence-corrected chi connectivity index (χ4v) is 3.26. The highest BCUT2D eigenvalue weighted by Gasteiger charge is 2.35. The molecule has 158 valence electrons. The summed E-state index contributed by atoms with van der Waals surface area (Å²) in [4.78, 5) is 18.7. The number of halogens is 4. The summed E-state index contributed by atoms with van der Waals surface area (Å²) >= 11 is 3.14. The first kappa shape index (κ1) is 22.0. The summed E-state index contributed by atoms with van der Waals surface area (Å²) in [7, 11) is 1.23. The Bertz CT molecular complexity index is 1230. The number of anilines is 1. The third-order valence-corrected chi connectivity index (χ3v) is 4.72. The van der Waals surface area contributed by atoms with Gasteiger partial charge in [0.25, 0.3) is 5.56 Å². The number of H-pyrrole nitrogens is 1. The number of aromatic amines is 1. The number of hydrazone groups is 1. The summed E-state index contributed by atoms with van der Waals surface area (Å²) < 4.78 is 45.5. The quantitative estimate of drug-likeness (QED) is 0.402. The number of aromatic nitrogens is 2. The number of hydrogen-bond donors (Lipinski definition) is 2. The van der Waals surface area contributed by atoms with Gasteiger partial charge < -0.3 is 4.74 Å².